The number of rotatable bonds is 5. The fraction of sp³-hybridized carbons (Fsp3) is 0.222. The number of furan rings is 1. The van der Waals surface area contributed by atoms with Crippen molar-refractivity contribution >= 4 is 29.3 Å². The zero-order valence-electron chi connectivity index (χ0n) is 13.5. The number of benzene rings is 1. The summed E-state index contributed by atoms with van der Waals surface area (Å²) in [5, 5.41) is 18.4. The van der Waals surface area contributed by atoms with Gasteiger partial charge in [0.1, 0.15) is 11.5 Å². The number of phenols is 1. The molecule has 7 heteroatoms. The number of hydrogen-bond acceptors (Lipinski definition) is 5. The first-order valence-electron chi connectivity index (χ1n) is 8.01. The Hall–Kier alpha value is -3.06. The van der Waals surface area contributed by atoms with E-state index in [0.29, 0.717) is 11.4 Å². The van der Waals surface area contributed by atoms with Crippen LogP contribution in [-0.4, -0.2) is 29.5 Å². The smallest absolute Gasteiger partial charge is 0.248 e. The van der Waals surface area contributed by atoms with E-state index >= 15 is 0 Å². The lowest BCUT2D eigenvalue weighted by molar-refractivity contribution is -0.117. The van der Waals surface area contributed by atoms with E-state index in [1.165, 1.54) is 24.5 Å². The van der Waals surface area contributed by atoms with Gasteiger partial charge in [-0.25, -0.2) is 0 Å². The zero-order valence-corrected chi connectivity index (χ0v) is 13.5. The molecule has 1 saturated heterocycles. The summed E-state index contributed by atoms with van der Waals surface area (Å²) in [6.07, 6.45) is 6.12. The van der Waals surface area contributed by atoms with Crippen molar-refractivity contribution < 1.29 is 19.1 Å². The molecule has 7 nitrogen and oxygen atoms in total. The van der Waals surface area contributed by atoms with Crippen molar-refractivity contribution in [1.82, 2.24) is 5.32 Å². The molecule has 0 bridgehead atoms. The molecule has 0 radical (unpaired) electrons. The maximum atomic E-state index is 12.1. The molecule has 1 aliphatic heterocycles. The normalized spacial score (nSPS) is 16.9. The Morgan fingerprint density at radius 1 is 1.28 bits per heavy atom. The van der Waals surface area contributed by atoms with Crippen LogP contribution in [0.3, 0.4) is 0 Å². The van der Waals surface area contributed by atoms with Crippen LogP contribution < -0.4 is 16.0 Å². The second-order valence-electron chi connectivity index (χ2n) is 5.71. The average Bonchev–Trinajstić information content (AvgIpc) is 3.29. The summed E-state index contributed by atoms with van der Waals surface area (Å²) < 4.78 is 5.11. The van der Waals surface area contributed by atoms with Gasteiger partial charge in [-0.3, -0.25) is 9.59 Å². The van der Waals surface area contributed by atoms with Gasteiger partial charge < -0.3 is 25.5 Å². The van der Waals surface area contributed by atoms with Crippen LogP contribution in [0.4, 0.5) is 11.4 Å². The predicted octanol–water partition coefficient (Wildman–Crippen LogP) is 2.33. The summed E-state index contributed by atoms with van der Waals surface area (Å²) in [4.78, 5) is 24.1. The van der Waals surface area contributed by atoms with Gasteiger partial charge in [-0.2, -0.15) is 0 Å². The molecule has 25 heavy (non-hydrogen) atoms. The molecule has 2 heterocycles. The number of carbonyl (C=O) groups excluding carboxylic acids is 2. The maximum Gasteiger partial charge on any atom is 0.248 e. The Morgan fingerprint density at radius 2 is 2.16 bits per heavy atom. The van der Waals surface area contributed by atoms with Crippen molar-refractivity contribution in [1.29, 1.82) is 0 Å². The summed E-state index contributed by atoms with van der Waals surface area (Å²) in [5.41, 5.74) is 0.716. The van der Waals surface area contributed by atoms with Gasteiger partial charge >= 0.3 is 0 Å². The molecule has 0 saturated carbocycles. The third-order valence-electron chi connectivity index (χ3n) is 3.84. The van der Waals surface area contributed by atoms with Gasteiger partial charge in [-0.1, -0.05) is 0 Å². The lowest BCUT2D eigenvalue weighted by Crippen LogP contribution is -2.35. The molecule has 4 N–H and O–H groups in total. The number of carbonyl (C=O) groups is 2. The van der Waals surface area contributed by atoms with Crippen LogP contribution in [0.25, 0.3) is 6.08 Å². The molecule has 0 unspecified atom stereocenters. The van der Waals surface area contributed by atoms with Gasteiger partial charge in [0.15, 0.2) is 0 Å². The summed E-state index contributed by atoms with van der Waals surface area (Å²) in [7, 11) is 0. The first-order valence-corrected chi connectivity index (χ1v) is 8.01. The summed E-state index contributed by atoms with van der Waals surface area (Å²) in [5.74, 6) is -0.0424. The minimum atomic E-state index is -0.350. The van der Waals surface area contributed by atoms with Crippen LogP contribution in [0.15, 0.2) is 47.1 Å². The molecule has 130 valence electrons. The van der Waals surface area contributed by atoms with Gasteiger partial charge in [0, 0.05) is 11.8 Å². The van der Waals surface area contributed by atoms with Crippen molar-refractivity contribution in [2.24, 2.45) is 0 Å². The Balaban J connectivity index is 1.64. The predicted molar refractivity (Wildman–Crippen MR) is 94.1 cm³/mol. The number of amides is 2. The Bertz CT molecular complexity index is 778. The summed E-state index contributed by atoms with van der Waals surface area (Å²) in [6, 6.07) is 7.69. The monoisotopic (exact) mass is 341 g/mol. The Morgan fingerprint density at radius 3 is 2.88 bits per heavy atom. The third kappa shape index (κ3) is 4.48. The fourth-order valence-electron chi connectivity index (χ4n) is 2.57. The number of aromatic hydroxyl groups is 1. The molecule has 1 aromatic carbocycles. The fourth-order valence-corrected chi connectivity index (χ4v) is 2.57. The first-order chi connectivity index (χ1) is 12.1. The number of hydrogen-bond donors (Lipinski definition) is 4. The summed E-state index contributed by atoms with van der Waals surface area (Å²) in [6.45, 7) is 0.808. The van der Waals surface area contributed by atoms with Crippen LogP contribution in [0.2, 0.25) is 0 Å². The first kappa shape index (κ1) is 16.8. The maximum absolute atomic E-state index is 12.1. The SMILES string of the molecule is O=C(/C=C/c1ccco1)Nc1ccc(O)c(NC(=O)[C@@H]2CCCN2)c1. The van der Waals surface area contributed by atoms with Crippen molar-refractivity contribution in [3.05, 3.63) is 48.4 Å². The van der Waals surface area contributed by atoms with E-state index in [-0.39, 0.29) is 29.3 Å². The van der Waals surface area contributed by atoms with E-state index < -0.39 is 0 Å². The molecule has 1 aromatic heterocycles. The van der Waals surface area contributed by atoms with Gasteiger partial charge in [0.05, 0.1) is 18.0 Å². The van der Waals surface area contributed by atoms with E-state index in [0.717, 1.165) is 19.4 Å². The van der Waals surface area contributed by atoms with Crippen molar-refractivity contribution in [3.63, 3.8) is 0 Å². The lowest BCUT2D eigenvalue weighted by Gasteiger charge is -2.13. The van der Waals surface area contributed by atoms with Crippen molar-refractivity contribution in [2.75, 3.05) is 17.2 Å². The second-order valence-corrected chi connectivity index (χ2v) is 5.71. The van der Waals surface area contributed by atoms with Crippen LogP contribution in [0, 0.1) is 0 Å². The van der Waals surface area contributed by atoms with Gasteiger partial charge in [-0.05, 0) is 55.8 Å². The molecule has 3 rings (SSSR count). The Kier molecular flexibility index (Phi) is 5.15. The average molecular weight is 341 g/mol. The van der Waals surface area contributed by atoms with Gasteiger partial charge in [0.25, 0.3) is 0 Å². The van der Waals surface area contributed by atoms with E-state index in [2.05, 4.69) is 16.0 Å². The largest absolute Gasteiger partial charge is 0.506 e. The van der Waals surface area contributed by atoms with Crippen molar-refractivity contribution in [2.45, 2.75) is 18.9 Å². The standard InChI is InChI=1S/C18H19N3O4/c22-16-7-5-12(20-17(23)8-6-13-3-2-10-25-13)11-15(16)21-18(24)14-4-1-9-19-14/h2-3,5-8,10-11,14,19,22H,1,4,9H2,(H,20,23)(H,21,24)/b8-6+/t14-/m0/s1. The molecule has 1 fully saturated rings. The van der Waals surface area contributed by atoms with Gasteiger partial charge in [0.2, 0.25) is 11.8 Å². The molecule has 0 spiro atoms. The highest BCUT2D eigenvalue weighted by molar-refractivity contribution is 6.03. The molecule has 0 aliphatic carbocycles. The molecule has 2 amide bonds. The highest BCUT2D eigenvalue weighted by Crippen LogP contribution is 2.27. The van der Waals surface area contributed by atoms with E-state index in [1.54, 1.807) is 24.3 Å². The van der Waals surface area contributed by atoms with Crippen LogP contribution >= 0.6 is 0 Å². The number of nitrogens with one attached hydrogen (secondary N) is 3. The van der Waals surface area contributed by atoms with E-state index in [4.69, 9.17) is 4.42 Å². The van der Waals surface area contributed by atoms with Crippen LogP contribution in [0.5, 0.6) is 5.75 Å². The van der Waals surface area contributed by atoms with Crippen LogP contribution in [0.1, 0.15) is 18.6 Å². The van der Waals surface area contributed by atoms with Gasteiger partial charge in [-0.15, -0.1) is 0 Å². The highest BCUT2D eigenvalue weighted by atomic mass is 16.3. The molecular weight excluding hydrogens is 322 g/mol. The van der Waals surface area contributed by atoms with Crippen LogP contribution in [-0.2, 0) is 9.59 Å². The topological polar surface area (TPSA) is 104 Å². The molecule has 1 atom stereocenters. The molecule has 1 aliphatic rings. The summed E-state index contributed by atoms with van der Waals surface area (Å²) >= 11 is 0. The minimum Gasteiger partial charge on any atom is -0.506 e. The Labute approximate surface area is 144 Å². The second kappa shape index (κ2) is 7.67. The quantitative estimate of drug-likeness (QED) is 0.380. The number of anilines is 2. The highest BCUT2D eigenvalue weighted by Gasteiger charge is 2.22. The molecular formula is C18H19N3O4. The number of phenolic OH excluding ortho intramolecular Hbond substituents is 1. The molecule has 2 aromatic rings. The van der Waals surface area contributed by atoms with E-state index in [9.17, 15) is 14.7 Å². The van der Waals surface area contributed by atoms with Crippen molar-refractivity contribution in [3.8, 4) is 5.75 Å². The zero-order chi connectivity index (χ0) is 17.6. The van der Waals surface area contributed by atoms with E-state index in [1.807, 2.05) is 0 Å². The third-order valence-corrected chi connectivity index (χ3v) is 3.84. The minimum absolute atomic E-state index is 0.0597. The lowest BCUT2D eigenvalue weighted by atomic mass is 10.2.